The van der Waals surface area contributed by atoms with Crippen molar-refractivity contribution in [1.82, 2.24) is 20.2 Å². The van der Waals surface area contributed by atoms with Gasteiger partial charge in [-0.1, -0.05) is 18.2 Å². The summed E-state index contributed by atoms with van der Waals surface area (Å²) in [5, 5.41) is 25.1. The average Bonchev–Trinajstić information content (AvgIpc) is 3.12. The molecular formula is C17H22N6OS2. The van der Waals surface area contributed by atoms with E-state index in [0.29, 0.717) is 15.7 Å². The van der Waals surface area contributed by atoms with E-state index in [1.165, 1.54) is 23.1 Å². The third-order valence-corrected chi connectivity index (χ3v) is 6.63. The molecule has 1 aliphatic rings. The minimum Gasteiger partial charge on any atom is -0.316 e. The topological polar surface area (TPSA) is 96.5 Å². The number of nitrogens with zero attached hydrogens (tertiary/aromatic N) is 5. The molecule has 3 rings (SSSR count). The van der Waals surface area contributed by atoms with Gasteiger partial charge in [0.25, 0.3) is 0 Å². The zero-order valence-electron chi connectivity index (χ0n) is 15.2. The largest absolute Gasteiger partial charge is 0.316 e. The van der Waals surface area contributed by atoms with E-state index >= 15 is 0 Å². The zero-order valence-corrected chi connectivity index (χ0v) is 16.8. The molecule has 1 atom stereocenters. The van der Waals surface area contributed by atoms with Gasteiger partial charge in [0, 0.05) is 4.88 Å². The van der Waals surface area contributed by atoms with E-state index in [0.717, 1.165) is 31.2 Å². The minimum absolute atomic E-state index is 0.126. The Morgan fingerprint density at radius 2 is 2.08 bits per heavy atom. The molecule has 26 heavy (non-hydrogen) atoms. The molecular weight excluding hydrogens is 368 g/mol. The monoisotopic (exact) mass is 390 g/mol. The number of aromatic nitrogens is 4. The first-order valence-electron chi connectivity index (χ1n) is 8.81. The normalized spacial score (nSPS) is 15.2. The molecule has 7 nitrogen and oxygen atoms in total. The maximum absolute atomic E-state index is 12.7. The van der Waals surface area contributed by atoms with Crippen LogP contribution in [0.15, 0.2) is 5.16 Å². The Kier molecular flexibility index (Phi) is 5.94. The molecule has 0 aliphatic heterocycles. The first-order chi connectivity index (χ1) is 12.5. The van der Waals surface area contributed by atoms with Crippen LogP contribution in [0.4, 0.5) is 5.00 Å². The van der Waals surface area contributed by atoms with Crippen molar-refractivity contribution in [3.63, 3.8) is 0 Å². The first-order valence-corrected chi connectivity index (χ1v) is 10.5. The number of rotatable bonds is 5. The third kappa shape index (κ3) is 3.91. The molecule has 2 heterocycles. The molecule has 0 fully saturated rings. The van der Waals surface area contributed by atoms with Crippen molar-refractivity contribution >= 4 is 34.0 Å². The number of hydrogen-bond donors (Lipinski definition) is 1. The number of nitriles is 1. The molecule has 0 saturated carbocycles. The smallest absolute Gasteiger partial charge is 0.238 e. The molecule has 0 saturated heterocycles. The number of carbonyl (C=O) groups excluding carboxylic acids is 1. The van der Waals surface area contributed by atoms with Crippen LogP contribution in [0.25, 0.3) is 0 Å². The summed E-state index contributed by atoms with van der Waals surface area (Å²) >= 11 is 2.87. The molecule has 1 aliphatic carbocycles. The van der Waals surface area contributed by atoms with Crippen LogP contribution in [0, 0.1) is 11.3 Å². The number of nitrogens with one attached hydrogen (secondary N) is 1. The van der Waals surface area contributed by atoms with Gasteiger partial charge in [0.05, 0.1) is 16.9 Å². The highest BCUT2D eigenvalue weighted by Gasteiger charge is 2.24. The van der Waals surface area contributed by atoms with Gasteiger partial charge in [-0.2, -0.15) is 5.26 Å². The second kappa shape index (κ2) is 8.18. The second-order valence-corrected chi connectivity index (χ2v) is 9.04. The summed E-state index contributed by atoms with van der Waals surface area (Å²) in [5.41, 5.74) is 1.78. The molecule has 0 spiro atoms. The number of anilines is 1. The fourth-order valence-corrected chi connectivity index (χ4v) is 5.13. The van der Waals surface area contributed by atoms with Crippen LogP contribution in [0.1, 0.15) is 62.1 Å². The van der Waals surface area contributed by atoms with Crippen LogP contribution < -0.4 is 5.32 Å². The summed E-state index contributed by atoms with van der Waals surface area (Å²) in [7, 11) is 0. The highest BCUT2D eigenvalue weighted by Crippen LogP contribution is 2.37. The average molecular weight is 391 g/mol. The molecule has 1 amide bonds. The lowest BCUT2D eigenvalue weighted by Crippen LogP contribution is -2.23. The minimum atomic E-state index is -0.369. The van der Waals surface area contributed by atoms with Gasteiger partial charge in [-0.05, 0) is 62.4 Å². The van der Waals surface area contributed by atoms with E-state index in [2.05, 4.69) is 26.9 Å². The Hall–Kier alpha value is -1.92. The predicted molar refractivity (Wildman–Crippen MR) is 102 cm³/mol. The van der Waals surface area contributed by atoms with Crippen molar-refractivity contribution in [3.05, 3.63) is 16.0 Å². The highest BCUT2D eigenvalue weighted by atomic mass is 32.2. The van der Waals surface area contributed by atoms with Gasteiger partial charge in [-0.15, -0.1) is 16.4 Å². The van der Waals surface area contributed by atoms with Crippen molar-refractivity contribution in [2.45, 2.75) is 69.3 Å². The lowest BCUT2D eigenvalue weighted by Gasteiger charge is -2.12. The number of thioether (sulfide) groups is 1. The Labute approximate surface area is 161 Å². The van der Waals surface area contributed by atoms with Gasteiger partial charge in [0.1, 0.15) is 11.1 Å². The van der Waals surface area contributed by atoms with Gasteiger partial charge in [-0.3, -0.25) is 4.79 Å². The molecule has 9 heteroatoms. The Morgan fingerprint density at radius 3 is 2.81 bits per heavy atom. The van der Waals surface area contributed by atoms with Crippen molar-refractivity contribution in [2.75, 3.05) is 5.32 Å². The maximum Gasteiger partial charge on any atom is 0.238 e. The van der Waals surface area contributed by atoms with Crippen molar-refractivity contribution < 1.29 is 4.79 Å². The van der Waals surface area contributed by atoms with E-state index in [1.54, 1.807) is 16.0 Å². The lowest BCUT2D eigenvalue weighted by atomic mass is 10.1. The number of fused-ring (bicyclic) bond motifs is 1. The first kappa shape index (κ1) is 18.9. The number of amides is 1. The lowest BCUT2D eigenvalue weighted by molar-refractivity contribution is -0.115. The summed E-state index contributed by atoms with van der Waals surface area (Å²) in [6.45, 7) is 5.80. The summed E-state index contributed by atoms with van der Waals surface area (Å²) < 4.78 is 1.70. The summed E-state index contributed by atoms with van der Waals surface area (Å²) in [6, 6.07) is 2.42. The van der Waals surface area contributed by atoms with Crippen LogP contribution >= 0.6 is 23.1 Å². The number of thiophene rings is 1. The van der Waals surface area contributed by atoms with Crippen molar-refractivity contribution in [1.29, 1.82) is 5.26 Å². The van der Waals surface area contributed by atoms with Crippen LogP contribution in [0.2, 0.25) is 0 Å². The van der Waals surface area contributed by atoms with Gasteiger partial charge < -0.3 is 5.32 Å². The third-order valence-electron chi connectivity index (χ3n) is 4.37. The maximum atomic E-state index is 12.7. The van der Waals surface area contributed by atoms with Crippen LogP contribution in [-0.2, 0) is 17.6 Å². The summed E-state index contributed by atoms with van der Waals surface area (Å²) in [6.07, 6.45) is 5.38. The van der Waals surface area contributed by atoms with Crippen LogP contribution in [0.3, 0.4) is 0 Å². The second-order valence-electron chi connectivity index (χ2n) is 6.63. The van der Waals surface area contributed by atoms with Crippen LogP contribution in [-0.4, -0.2) is 31.4 Å². The van der Waals surface area contributed by atoms with Gasteiger partial charge in [0.15, 0.2) is 0 Å². The number of hydrogen-bond acceptors (Lipinski definition) is 7. The van der Waals surface area contributed by atoms with Gasteiger partial charge in [0.2, 0.25) is 11.1 Å². The molecule has 2 aromatic rings. The predicted octanol–water partition coefficient (Wildman–Crippen LogP) is 3.58. The zero-order chi connectivity index (χ0) is 18.7. The molecule has 138 valence electrons. The van der Waals surface area contributed by atoms with E-state index in [-0.39, 0.29) is 17.2 Å². The van der Waals surface area contributed by atoms with E-state index < -0.39 is 0 Å². The standard InChI is InChI=1S/C17H22N6OS2/c1-10(2)23-17(20-21-22-23)25-11(3)15(24)19-16-13(9-18)12-7-5-4-6-8-14(12)26-16/h10-11H,4-8H2,1-3H3,(H,19,24)/t11-/m0/s1. The van der Waals surface area contributed by atoms with Crippen LogP contribution in [0.5, 0.6) is 0 Å². The summed E-state index contributed by atoms with van der Waals surface area (Å²) in [4.78, 5) is 13.9. The van der Waals surface area contributed by atoms with Crippen molar-refractivity contribution in [2.24, 2.45) is 0 Å². The molecule has 0 bridgehead atoms. The Bertz CT molecular complexity index is 835. The number of aryl methyl sites for hydroxylation is 1. The molecule has 2 aromatic heterocycles. The van der Waals surface area contributed by atoms with E-state index in [9.17, 15) is 10.1 Å². The molecule has 0 radical (unpaired) electrons. The molecule has 0 unspecified atom stereocenters. The molecule has 1 N–H and O–H groups in total. The summed E-state index contributed by atoms with van der Waals surface area (Å²) in [5.74, 6) is -0.138. The fraction of sp³-hybridized carbons (Fsp3) is 0.588. The van der Waals surface area contributed by atoms with Gasteiger partial charge in [-0.25, -0.2) is 4.68 Å². The Morgan fingerprint density at radius 1 is 1.31 bits per heavy atom. The SMILES string of the molecule is CC(C)n1nnnc1S[C@@H](C)C(=O)Nc1sc2c(c1C#N)CCCCC2. The molecule has 0 aromatic carbocycles. The van der Waals surface area contributed by atoms with E-state index in [1.807, 2.05) is 20.8 Å². The number of tetrazole rings is 1. The highest BCUT2D eigenvalue weighted by molar-refractivity contribution is 8.00. The fourth-order valence-electron chi connectivity index (χ4n) is 2.96. The quantitative estimate of drug-likeness (QED) is 0.619. The van der Waals surface area contributed by atoms with E-state index in [4.69, 9.17) is 0 Å². The van der Waals surface area contributed by atoms with Crippen molar-refractivity contribution in [3.8, 4) is 6.07 Å². The van der Waals surface area contributed by atoms with Gasteiger partial charge >= 0.3 is 0 Å². The number of carbonyl (C=O) groups is 1. The Balaban J connectivity index is 1.73.